The van der Waals surface area contributed by atoms with Crippen molar-refractivity contribution in [3.63, 3.8) is 0 Å². The summed E-state index contributed by atoms with van der Waals surface area (Å²) in [7, 11) is 0. The van der Waals surface area contributed by atoms with Crippen molar-refractivity contribution in [2.45, 2.75) is 52.4 Å². The smallest absolute Gasteiger partial charge is 0.139 e. The molecule has 4 unspecified atom stereocenters. The molecule has 2 heteroatoms. The molecular formula is C18H26O2. The Kier molecular flexibility index (Phi) is 2.88. The predicted octanol–water partition coefficient (Wildman–Crippen LogP) is 3.49. The average molecular weight is 274 g/mol. The molecule has 0 radical (unpaired) electrons. The molecule has 110 valence electrons. The summed E-state index contributed by atoms with van der Waals surface area (Å²) >= 11 is 0. The zero-order chi connectivity index (χ0) is 14.0. The van der Waals surface area contributed by atoms with E-state index in [1.807, 2.05) is 0 Å². The zero-order valence-corrected chi connectivity index (χ0v) is 12.7. The van der Waals surface area contributed by atoms with Crippen LogP contribution in [0.2, 0.25) is 0 Å². The Hall–Kier alpha value is -0.660. The molecule has 4 rings (SSSR count). The van der Waals surface area contributed by atoms with Crippen molar-refractivity contribution in [3.8, 4) is 0 Å². The molecule has 8 atom stereocenters. The summed E-state index contributed by atoms with van der Waals surface area (Å²) < 4.78 is 0. The maximum absolute atomic E-state index is 12.6. The van der Waals surface area contributed by atoms with Crippen LogP contribution in [0.15, 0.2) is 0 Å². The highest BCUT2D eigenvalue weighted by atomic mass is 16.1. The van der Waals surface area contributed by atoms with Crippen molar-refractivity contribution >= 4 is 11.6 Å². The lowest BCUT2D eigenvalue weighted by Crippen LogP contribution is -2.57. The number of carbonyl (C=O) groups excluding carboxylic acids is 2. The maximum Gasteiger partial charge on any atom is 0.139 e. The van der Waals surface area contributed by atoms with Crippen molar-refractivity contribution < 1.29 is 9.59 Å². The molecular weight excluding hydrogens is 248 g/mol. The van der Waals surface area contributed by atoms with Gasteiger partial charge in [-0.05, 0) is 61.7 Å². The van der Waals surface area contributed by atoms with E-state index < -0.39 is 0 Å². The Balaban J connectivity index is 1.74. The molecule has 0 aliphatic heterocycles. The molecule has 0 aromatic rings. The Bertz CT molecular complexity index is 454. The number of hydrogen-bond acceptors (Lipinski definition) is 2. The average Bonchev–Trinajstić information content (AvgIpc) is 2.43. The van der Waals surface area contributed by atoms with E-state index in [9.17, 15) is 9.59 Å². The maximum atomic E-state index is 12.6. The summed E-state index contributed by atoms with van der Waals surface area (Å²) in [5, 5.41) is 0. The highest BCUT2D eigenvalue weighted by Crippen LogP contribution is 2.60. The molecule has 4 saturated carbocycles. The van der Waals surface area contributed by atoms with Gasteiger partial charge in [0.15, 0.2) is 0 Å². The van der Waals surface area contributed by atoms with E-state index in [2.05, 4.69) is 13.8 Å². The van der Waals surface area contributed by atoms with Gasteiger partial charge in [-0.2, -0.15) is 0 Å². The van der Waals surface area contributed by atoms with E-state index in [-0.39, 0.29) is 5.92 Å². The van der Waals surface area contributed by atoms with Crippen LogP contribution in [0.1, 0.15) is 52.4 Å². The van der Waals surface area contributed by atoms with Gasteiger partial charge in [0.25, 0.3) is 0 Å². The van der Waals surface area contributed by atoms with Crippen LogP contribution >= 0.6 is 0 Å². The minimum absolute atomic E-state index is 0.265. The Morgan fingerprint density at radius 1 is 0.900 bits per heavy atom. The Morgan fingerprint density at radius 2 is 1.65 bits per heavy atom. The molecule has 4 fully saturated rings. The fraction of sp³-hybridized carbons (Fsp3) is 0.889. The highest BCUT2D eigenvalue weighted by molar-refractivity contribution is 5.86. The third kappa shape index (κ3) is 1.63. The quantitative estimate of drug-likeness (QED) is 0.677. The normalized spacial score (nSPS) is 54.5. The SMILES string of the molecule is C[C@@H]1CC2C[C@H](C)[C@H]3CCC(=O)C4CCC(C1=O)[C@@H]2C43. The lowest BCUT2D eigenvalue weighted by Gasteiger charge is -2.58. The van der Waals surface area contributed by atoms with Crippen LogP contribution < -0.4 is 0 Å². The van der Waals surface area contributed by atoms with Gasteiger partial charge in [-0.25, -0.2) is 0 Å². The molecule has 20 heavy (non-hydrogen) atoms. The predicted molar refractivity (Wildman–Crippen MR) is 77.0 cm³/mol. The highest BCUT2D eigenvalue weighted by Gasteiger charge is 2.58. The van der Waals surface area contributed by atoms with Gasteiger partial charge in [0.1, 0.15) is 11.6 Å². The second-order valence-electron chi connectivity index (χ2n) is 8.13. The number of hydrogen-bond donors (Lipinski definition) is 0. The van der Waals surface area contributed by atoms with Gasteiger partial charge >= 0.3 is 0 Å². The van der Waals surface area contributed by atoms with Gasteiger partial charge in [0.2, 0.25) is 0 Å². The van der Waals surface area contributed by atoms with Crippen molar-refractivity contribution in [2.24, 2.45) is 47.3 Å². The van der Waals surface area contributed by atoms with Gasteiger partial charge in [0, 0.05) is 24.2 Å². The molecule has 4 aliphatic rings. The zero-order valence-electron chi connectivity index (χ0n) is 12.7. The van der Waals surface area contributed by atoms with Crippen LogP contribution in [0.3, 0.4) is 0 Å². The van der Waals surface area contributed by atoms with E-state index >= 15 is 0 Å². The van der Waals surface area contributed by atoms with Crippen LogP contribution in [0.5, 0.6) is 0 Å². The van der Waals surface area contributed by atoms with Gasteiger partial charge in [-0.1, -0.05) is 13.8 Å². The van der Waals surface area contributed by atoms with Gasteiger partial charge in [0.05, 0.1) is 0 Å². The first kappa shape index (κ1) is 13.0. The van der Waals surface area contributed by atoms with Crippen molar-refractivity contribution in [1.82, 2.24) is 0 Å². The first-order valence-corrected chi connectivity index (χ1v) is 8.64. The molecule has 4 aliphatic carbocycles. The molecule has 0 spiro atoms. The van der Waals surface area contributed by atoms with E-state index in [1.165, 1.54) is 6.42 Å². The first-order valence-electron chi connectivity index (χ1n) is 8.64. The van der Waals surface area contributed by atoms with Gasteiger partial charge in [-0.3, -0.25) is 9.59 Å². The fourth-order valence-electron chi connectivity index (χ4n) is 6.56. The van der Waals surface area contributed by atoms with Crippen LogP contribution in [-0.4, -0.2) is 11.6 Å². The minimum Gasteiger partial charge on any atom is -0.299 e. The molecule has 0 aromatic carbocycles. The van der Waals surface area contributed by atoms with Gasteiger partial charge in [-0.15, -0.1) is 0 Å². The first-order chi connectivity index (χ1) is 9.58. The summed E-state index contributed by atoms with van der Waals surface area (Å²) in [6.07, 6.45) is 6.30. The van der Waals surface area contributed by atoms with E-state index in [0.717, 1.165) is 49.9 Å². The van der Waals surface area contributed by atoms with Crippen LogP contribution in [0.4, 0.5) is 0 Å². The lowest BCUT2D eigenvalue weighted by molar-refractivity contribution is -0.159. The van der Waals surface area contributed by atoms with E-state index in [0.29, 0.717) is 35.2 Å². The van der Waals surface area contributed by atoms with Gasteiger partial charge < -0.3 is 0 Å². The minimum atomic E-state index is 0.265. The van der Waals surface area contributed by atoms with Crippen molar-refractivity contribution in [3.05, 3.63) is 0 Å². The summed E-state index contributed by atoms with van der Waals surface area (Å²) in [5.41, 5.74) is 0. The van der Waals surface area contributed by atoms with Crippen molar-refractivity contribution in [1.29, 1.82) is 0 Å². The summed E-state index contributed by atoms with van der Waals surface area (Å²) in [5.74, 6) is 5.23. The number of rotatable bonds is 0. The number of ketones is 2. The lowest BCUT2D eigenvalue weighted by atomic mass is 9.45. The van der Waals surface area contributed by atoms with Crippen LogP contribution in [-0.2, 0) is 9.59 Å². The van der Waals surface area contributed by atoms with E-state index in [4.69, 9.17) is 0 Å². The second-order valence-corrected chi connectivity index (χ2v) is 8.13. The largest absolute Gasteiger partial charge is 0.299 e. The molecule has 0 amide bonds. The number of carbonyl (C=O) groups is 2. The molecule has 0 saturated heterocycles. The summed E-state index contributed by atoms with van der Waals surface area (Å²) in [4.78, 5) is 24.9. The number of Topliss-reactive ketones (excluding diaryl/α,β-unsaturated/α-hetero) is 2. The standard InChI is InChI=1S/C18H26O2/c1-9-7-11-8-10(2)18(20)14-4-3-13-15(19)6-5-12(9)17(13)16(11)14/h9-14,16-17H,3-8H2,1-2H3/t9-,10+,11?,12+,13?,14?,16+,17?/m0/s1. The topological polar surface area (TPSA) is 34.1 Å². The van der Waals surface area contributed by atoms with Crippen LogP contribution in [0, 0.1) is 47.3 Å². The third-order valence-corrected chi connectivity index (χ3v) is 7.25. The third-order valence-electron chi connectivity index (χ3n) is 7.25. The summed E-state index contributed by atoms with van der Waals surface area (Å²) in [6, 6.07) is 0. The van der Waals surface area contributed by atoms with E-state index in [1.54, 1.807) is 0 Å². The van der Waals surface area contributed by atoms with Crippen molar-refractivity contribution in [2.75, 3.05) is 0 Å². The monoisotopic (exact) mass is 274 g/mol. The molecule has 0 heterocycles. The fourth-order valence-corrected chi connectivity index (χ4v) is 6.56. The molecule has 2 nitrogen and oxygen atoms in total. The van der Waals surface area contributed by atoms with Crippen LogP contribution in [0.25, 0.3) is 0 Å². The Labute approximate surface area is 121 Å². The summed E-state index contributed by atoms with van der Waals surface area (Å²) in [6.45, 7) is 4.53. The second kappa shape index (κ2) is 4.42. The molecule has 0 aromatic heterocycles. The Morgan fingerprint density at radius 3 is 2.45 bits per heavy atom. The molecule has 0 N–H and O–H groups in total. The molecule has 0 bridgehead atoms.